The highest BCUT2D eigenvalue weighted by molar-refractivity contribution is 4.78. The summed E-state index contributed by atoms with van der Waals surface area (Å²) in [7, 11) is 2.47. The number of hydrogen-bond acceptors (Lipinski definition) is 1. The van der Waals surface area contributed by atoms with Gasteiger partial charge in [0, 0.05) is 12.5 Å². The summed E-state index contributed by atoms with van der Waals surface area (Å²) in [5, 5.41) is 8.95. The number of piperidine rings is 2. The molecule has 1 N–H and O–H groups in total. The Morgan fingerprint density at radius 3 is 2.73 bits per heavy atom. The van der Waals surface area contributed by atoms with Crippen LogP contribution in [0.25, 0.3) is 0 Å². The normalized spacial score (nSPS) is 41.2. The molecule has 2 fully saturated rings. The van der Waals surface area contributed by atoms with E-state index in [0.717, 1.165) is 18.4 Å². The van der Waals surface area contributed by atoms with Gasteiger partial charge < -0.3 is 9.59 Å². The molecule has 88 valence electrons. The van der Waals surface area contributed by atoms with Gasteiger partial charge in [-0.1, -0.05) is 0 Å². The van der Waals surface area contributed by atoms with Crippen LogP contribution in [-0.2, 0) is 0 Å². The van der Waals surface area contributed by atoms with Gasteiger partial charge in [0.25, 0.3) is 0 Å². The molecule has 2 saturated heterocycles. The summed E-state index contributed by atoms with van der Waals surface area (Å²) in [5.41, 5.74) is 0. The Morgan fingerprint density at radius 2 is 1.93 bits per heavy atom. The van der Waals surface area contributed by atoms with Gasteiger partial charge in [-0.05, 0) is 44.9 Å². The Balaban J connectivity index is 1.99. The van der Waals surface area contributed by atoms with Gasteiger partial charge in [0.05, 0.1) is 26.2 Å². The molecule has 0 radical (unpaired) electrons. The fraction of sp³-hybridized carbons (Fsp3) is 1.00. The Bertz CT molecular complexity index is 203. The smallest absolute Gasteiger partial charge is 0.0916 e. The second kappa shape index (κ2) is 4.84. The molecule has 0 saturated carbocycles. The average molecular weight is 212 g/mol. The molecule has 2 heteroatoms. The second-order valence-electron chi connectivity index (χ2n) is 5.76. The lowest BCUT2D eigenvalue weighted by Gasteiger charge is -2.51. The topological polar surface area (TPSA) is 20.2 Å². The van der Waals surface area contributed by atoms with Crippen LogP contribution in [0.3, 0.4) is 0 Å². The van der Waals surface area contributed by atoms with E-state index in [-0.39, 0.29) is 0 Å². The predicted molar refractivity (Wildman–Crippen MR) is 62.6 cm³/mol. The Hall–Kier alpha value is -0.0800. The Labute approximate surface area is 93.9 Å². The minimum absolute atomic E-state index is 0.382. The molecule has 0 aromatic heterocycles. The van der Waals surface area contributed by atoms with Crippen molar-refractivity contribution in [3.05, 3.63) is 0 Å². The van der Waals surface area contributed by atoms with Crippen LogP contribution in [0, 0.1) is 5.92 Å². The summed E-state index contributed by atoms with van der Waals surface area (Å²) in [6.45, 7) is 3.19. The van der Waals surface area contributed by atoms with Crippen LogP contribution in [0.1, 0.15) is 44.9 Å². The molecular formula is C13H26NO+. The van der Waals surface area contributed by atoms with Gasteiger partial charge in [-0.2, -0.15) is 0 Å². The van der Waals surface area contributed by atoms with Crippen molar-refractivity contribution in [1.82, 2.24) is 0 Å². The maximum absolute atomic E-state index is 8.95. The minimum atomic E-state index is 0.382. The first-order valence-corrected chi connectivity index (χ1v) is 6.71. The van der Waals surface area contributed by atoms with Gasteiger partial charge >= 0.3 is 0 Å². The van der Waals surface area contributed by atoms with E-state index in [2.05, 4.69) is 7.05 Å². The monoisotopic (exact) mass is 212 g/mol. The highest BCUT2D eigenvalue weighted by atomic mass is 16.2. The molecule has 0 bridgehead atoms. The van der Waals surface area contributed by atoms with Gasteiger partial charge in [-0.25, -0.2) is 0 Å². The highest BCUT2D eigenvalue weighted by Gasteiger charge is 2.42. The summed E-state index contributed by atoms with van der Waals surface area (Å²) in [4.78, 5) is 0. The summed E-state index contributed by atoms with van der Waals surface area (Å²) in [6.07, 6.45) is 9.40. The predicted octanol–water partition coefficient (Wildman–Crippen LogP) is 2.17. The summed E-state index contributed by atoms with van der Waals surface area (Å²) in [5.74, 6) is 0.899. The maximum atomic E-state index is 8.95. The molecule has 2 heterocycles. The van der Waals surface area contributed by atoms with E-state index in [9.17, 15) is 0 Å². The lowest BCUT2D eigenvalue weighted by molar-refractivity contribution is -0.947. The first-order chi connectivity index (χ1) is 7.26. The van der Waals surface area contributed by atoms with Crippen LogP contribution < -0.4 is 0 Å². The number of aliphatic hydroxyl groups excluding tert-OH is 1. The molecule has 0 aliphatic carbocycles. The summed E-state index contributed by atoms with van der Waals surface area (Å²) in [6, 6.07) is 0.916. The fourth-order valence-corrected chi connectivity index (χ4v) is 3.92. The van der Waals surface area contributed by atoms with Crippen molar-refractivity contribution in [1.29, 1.82) is 0 Å². The van der Waals surface area contributed by atoms with E-state index in [1.165, 1.54) is 56.1 Å². The van der Waals surface area contributed by atoms with E-state index in [4.69, 9.17) is 5.11 Å². The van der Waals surface area contributed by atoms with Gasteiger partial charge in [0.15, 0.2) is 0 Å². The van der Waals surface area contributed by atoms with Crippen molar-refractivity contribution in [3.63, 3.8) is 0 Å². The van der Waals surface area contributed by atoms with Gasteiger partial charge in [-0.15, -0.1) is 0 Å². The summed E-state index contributed by atoms with van der Waals surface area (Å²) < 4.78 is 1.34. The minimum Gasteiger partial charge on any atom is -0.396 e. The van der Waals surface area contributed by atoms with E-state index < -0.39 is 0 Å². The van der Waals surface area contributed by atoms with Crippen molar-refractivity contribution in [2.75, 3.05) is 26.7 Å². The quantitative estimate of drug-likeness (QED) is 0.711. The molecule has 15 heavy (non-hydrogen) atoms. The largest absolute Gasteiger partial charge is 0.396 e. The van der Waals surface area contributed by atoms with Crippen molar-refractivity contribution in [3.8, 4) is 0 Å². The molecule has 1 unspecified atom stereocenters. The third-order valence-electron chi connectivity index (χ3n) is 4.74. The van der Waals surface area contributed by atoms with E-state index in [1.807, 2.05) is 0 Å². The van der Waals surface area contributed by atoms with Crippen molar-refractivity contribution in [2.24, 2.45) is 5.92 Å². The Kier molecular flexibility index (Phi) is 3.68. The molecule has 2 nitrogen and oxygen atoms in total. The molecule has 0 aromatic carbocycles. The van der Waals surface area contributed by atoms with Crippen LogP contribution in [0.5, 0.6) is 0 Å². The molecule has 3 atom stereocenters. The number of hydrogen-bond donors (Lipinski definition) is 1. The molecular weight excluding hydrogens is 186 g/mol. The molecule has 0 aromatic rings. The lowest BCUT2D eigenvalue weighted by Crippen LogP contribution is -2.60. The molecule has 2 rings (SSSR count). The number of aliphatic hydroxyl groups is 1. The Morgan fingerprint density at radius 1 is 1.13 bits per heavy atom. The van der Waals surface area contributed by atoms with Crippen molar-refractivity contribution in [2.45, 2.75) is 51.0 Å². The van der Waals surface area contributed by atoms with E-state index in [1.54, 1.807) is 0 Å². The van der Waals surface area contributed by atoms with Crippen LogP contribution in [-0.4, -0.2) is 42.4 Å². The highest BCUT2D eigenvalue weighted by Crippen LogP contribution is 2.37. The number of quaternary nitrogens is 1. The average Bonchev–Trinajstić information content (AvgIpc) is 2.25. The van der Waals surface area contributed by atoms with E-state index >= 15 is 0 Å². The fourth-order valence-electron chi connectivity index (χ4n) is 3.92. The molecule has 0 amide bonds. The first-order valence-electron chi connectivity index (χ1n) is 6.71. The van der Waals surface area contributed by atoms with Gasteiger partial charge in [-0.3, -0.25) is 0 Å². The molecule has 2 aliphatic heterocycles. The maximum Gasteiger partial charge on any atom is 0.0916 e. The van der Waals surface area contributed by atoms with Crippen LogP contribution in [0.4, 0.5) is 0 Å². The van der Waals surface area contributed by atoms with E-state index in [0.29, 0.717) is 6.61 Å². The SMILES string of the molecule is C[N+]12CCCC[C@H]1[C@H](CCCO)CCC2. The number of fused-ring (bicyclic) bond motifs is 1. The van der Waals surface area contributed by atoms with Gasteiger partial charge in [0.2, 0.25) is 0 Å². The van der Waals surface area contributed by atoms with Crippen LogP contribution in [0.2, 0.25) is 0 Å². The number of nitrogens with zero attached hydrogens (tertiary/aromatic N) is 1. The second-order valence-corrected chi connectivity index (χ2v) is 5.76. The van der Waals surface area contributed by atoms with Crippen LogP contribution >= 0.6 is 0 Å². The zero-order valence-corrected chi connectivity index (χ0v) is 10.1. The molecule has 0 spiro atoms. The summed E-state index contributed by atoms with van der Waals surface area (Å²) >= 11 is 0. The first kappa shape index (κ1) is 11.4. The third-order valence-corrected chi connectivity index (χ3v) is 4.74. The van der Waals surface area contributed by atoms with Crippen molar-refractivity contribution < 1.29 is 9.59 Å². The van der Waals surface area contributed by atoms with Crippen LogP contribution in [0.15, 0.2) is 0 Å². The number of rotatable bonds is 3. The van der Waals surface area contributed by atoms with Crippen molar-refractivity contribution >= 4 is 0 Å². The lowest BCUT2D eigenvalue weighted by atomic mass is 9.79. The zero-order chi connectivity index (χ0) is 10.7. The third kappa shape index (κ3) is 2.36. The standard InChI is InChI=1S/C13H26NO/c1-14-9-3-2-8-13(14)12(6-4-10-14)7-5-11-15/h12-13,15H,2-11H2,1H3/q+1/t12-,13-,14?/m0/s1. The molecule has 2 aliphatic rings. The zero-order valence-electron chi connectivity index (χ0n) is 10.1. The van der Waals surface area contributed by atoms with Gasteiger partial charge in [0.1, 0.15) is 0 Å².